The molecular formula is C7H12I2O3. The van der Waals surface area contributed by atoms with E-state index in [0.717, 1.165) is 0 Å². The van der Waals surface area contributed by atoms with Gasteiger partial charge in [-0.2, -0.15) is 0 Å². The number of hydrogen-bond donors (Lipinski definition) is 1. The van der Waals surface area contributed by atoms with E-state index in [1.54, 1.807) is 6.92 Å². The molecule has 0 rings (SSSR count). The highest BCUT2D eigenvalue weighted by molar-refractivity contribution is 14.1. The number of alkyl halides is 2. The van der Waals surface area contributed by atoms with Crippen molar-refractivity contribution in [3.05, 3.63) is 0 Å². The number of aliphatic hydroxyl groups is 1. The van der Waals surface area contributed by atoms with E-state index in [-0.39, 0.29) is 19.9 Å². The Morgan fingerprint density at radius 2 is 2.08 bits per heavy atom. The largest absolute Gasteiger partial charge is 0.465 e. The van der Waals surface area contributed by atoms with Gasteiger partial charge in [0.05, 0.1) is 14.0 Å². The van der Waals surface area contributed by atoms with Crippen LogP contribution in [0.3, 0.4) is 0 Å². The molecule has 0 aliphatic carbocycles. The van der Waals surface area contributed by atoms with Crippen molar-refractivity contribution >= 4 is 51.2 Å². The number of rotatable bonds is 4. The molecule has 72 valence electrons. The first kappa shape index (κ1) is 12.9. The number of halogens is 2. The molecule has 0 aliphatic heterocycles. The summed E-state index contributed by atoms with van der Waals surface area (Å²) in [6, 6.07) is 0. The van der Waals surface area contributed by atoms with Crippen LogP contribution in [0.5, 0.6) is 0 Å². The first-order chi connectivity index (χ1) is 5.45. The smallest absolute Gasteiger partial charge is 0.302 e. The molecule has 0 aliphatic rings. The van der Waals surface area contributed by atoms with Crippen LogP contribution in [0.15, 0.2) is 0 Å². The molecule has 0 bridgehead atoms. The van der Waals surface area contributed by atoms with Gasteiger partial charge in [-0.25, -0.2) is 0 Å². The van der Waals surface area contributed by atoms with Gasteiger partial charge in [0.15, 0.2) is 0 Å². The number of aliphatic hydroxyl groups excluding tert-OH is 1. The van der Waals surface area contributed by atoms with E-state index >= 15 is 0 Å². The molecule has 0 saturated heterocycles. The molecule has 0 aromatic heterocycles. The normalized spacial score (nSPS) is 18.1. The van der Waals surface area contributed by atoms with Gasteiger partial charge in [-0.1, -0.05) is 45.2 Å². The number of carbonyl (C=O) groups excluding carboxylic acids is 1. The third kappa shape index (κ3) is 5.52. The molecule has 0 spiro atoms. The summed E-state index contributed by atoms with van der Waals surface area (Å²) in [7, 11) is 0. The number of ether oxygens (including phenoxy) is 1. The first-order valence-corrected chi connectivity index (χ1v) is 6.04. The van der Waals surface area contributed by atoms with Crippen LogP contribution in [0.1, 0.15) is 13.8 Å². The maximum Gasteiger partial charge on any atom is 0.302 e. The van der Waals surface area contributed by atoms with Crippen molar-refractivity contribution in [2.45, 2.75) is 27.8 Å². The minimum Gasteiger partial charge on any atom is -0.465 e. The Hall–Kier alpha value is 0.890. The molecule has 0 aromatic rings. The van der Waals surface area contributed by atoms with E-state index in [4.69, 9.17) is 4.74 Å². The Balaban J connectivity index is 3.71. The standard InChI is InChI=1S/C7H12I2O3/c1-4(10)7(9)6(8)3-12-5(2)11/h4,6-7,10H,3H2,1-2H3. The highest BCUT2D eigenvalue weighted by Gasteiger charge is 2.21. The summed E-state index contributed by atoms with van der Waals surface area (Å²) in [5.74, 6) is -0.272. The van der Waals surface area contributed by atoms with Crippen molar-refractivity contribution in [2.75, 3.05) is 6.61 Å². The molecule has 0 saturated carbocycles. The Bertz CT molecular complexity index is 150. The zero-order valence-corrected chi connectivity index (χ0v) is 11.3. The van der Waals surface area contributed by atoms with Gasteiger partial charge in [-0.15, -0.1) is 0 Å². The molecule has 5 heteroatoms. The highest BCUT2D eigenvalue weighted by Crippen LogP contribution is 2.19. The van der Waals surface area contributed by atoms with Crippen molar-refractivity contribution in [1.82, 2.24) is 0 Å². The molecule has 3 nitrogen and oxygen atoms in total. The fraction of sp³-hybridized carbons (Fsp3) is 0.857. The molecular weight excluding hydrogens is 386 g/mol. The van der Waals surface area contributed by atoms with Gasteiger partial charge in [-0.3, -0.25) is 4.79 Å². The number of esters is 1. The summed E-state index contributed by atoms with van der Waals surface area (Å²) < 4.78 is 5.09. The highest BCUT2D eigenvalue weighted by atomic mass is 127. The number of hydrogen-bond acceptors (Lipinski definition) is 3. The minimum atomic E-state index is -0.372. The fourth-order valence-electron chi connectivity index (χ4n) is 0.591. The minimum absolute atomic E-state index is 0.113. The quantitative estimate of drug-likeness (QED) is 0.444. The van der Waals surface area contributed by atoms with Gasteiger partial charge in [0.1, 0.15) is 6.61 Å². The topological polar surface area (TPSA) is 46.5 Å². The Kier molecular flexibility index (Phi) is 6.83. The van der Waals surface area contributed by atoms with Gasteiger partial charge in [0, 0.05) is 6.92 Å². The van der Waals surface area contributed by atoms with Crippen molar-refractivity contribution < 1.29 is 14.6 Å². The predicted octanol–water partition coefficient (Wildman–Crippen LogP) is 1.54. The maximum absolute atomic E-state index is 10.5. The van der Waals surface area contributed by atoms with Crippen molar-refractivity contribution in [1.29, 1.82) is 0 Å². The third-order valence-electron chi connectivity index (χ3n) is 1.25. The summed E-state index contributed by atoms with van der Waals surface area (Å²) in [4.78, 5) is 10.5. The number of carbonyl (C=O) groups is 1. The van der Waals surface area contributed by atoms with Crippen molar-refractivity contribution in [3.63, 3.8) is 0 Å². The Labute approximate surface area is 99.5 Å². The van der Waals surface area contributed by atoms with Crippen molar-refractivity contribution in [3.8, 4) is 0 Å². The molecule has 0 radical (unpaired) electrons. The van der Waals surface area contributed by atoms with E-state index in [1.807, 2.05) is 0 Å². The van der Waals surface area contributed by atoms with Crippen molar-refractivity contribution in [2.24, 2.45) is 0 Å². The van der Waals surface area contributed by atoms with Crippen LogP contribution in [0.2, 0.25) is 0 Å². The zero-order valence-electron chi connectivity index (χ0n) is 6.96. The summed E-state index contributed by atoms with van der Waals surface area (Å²) in [5.41, 5.74) is 0. The van der Waals surface area contributed by atoms with Gasteiger partial charge < -0.3 is 9.84 Å². The maximum atomic E-state index is 10.5. The lowest BCUT2D eigenvalue weighted by Gasteiger charge is -2.18. The summed E-state index contributed by atoms with van der Waals surface area (Å²) in [6.07, 6.45) is -0.372. The monoisotopic (exact) mass is 398 g/mol. The Morgan fingerprint density at radius 3 is 2.42 bits per heavy atom. The van der Waals surface area contributed by atoms with E-state index in [9.17, 15) is 9.90 Å². The molecule has 0 amide bonds. The van der Waals surface area contributed by atoms with Crippen LogP contribution in [-0.4, -0.2) is 31.6 Å². The van der Waals surface area contributed by atoms with Gasteiger partial charge in [0.25, 0.3) is 0 Å². The second-order valence-electron chi connectivity index (χ2n) is 2.50. The molecule has 0 aromatic carbocycles. The van der Waals surface area contributed by atoms with Crippen LogP contribution < -0.4 is 0 Å². The molecule has 3 atom stereocenters. The van der Waals surface area contributed by atoms with E-state index in [1.165, 1.54) is 6.92 Å². The van der Waals surface area contributed by atoms with Gasteiger partial charge in [-0.05, 0) is 6.92 Å². The SMILES string of the molecule is CC(=O)OCC(I)C(I)C(C)O. The molecule has 12 heavy (non-hydrogen) atoms. The Morgan fingerprint density at radius 1 is 1.58 bits per heavy atom. The van der Waals surface area contributed by atoms with E-state index in [0.29, 0.717) is 6.61 Å². The lowest BCUT2D eigenvalue weighted by molar-refractivity contribution is -0.140. The summed E-state index contributed by atoms with van der Waals surface area (Å²) >= 11 is 4.33. The third-order valence-corrected chi connectivity index (χ3v) is 5.67. The molecule has 0 heterocycles. The van der Waals surface area contributed by atoms with Crippen LogP contribution in [0.4, 0.5) is 0 Å². The second-order valence-corrected chi connectivity index (χ2v) is 5.54. The first-order valence-electron chi connectivity index (χ1n) is 3.54. The zero-order chi connectivity index (χ0) is 9.72. The van der Waals surface area contributed by atoms with Gasteiger partial charge in [0.2, 0.25) is 0 Å². The summed E-state index contributed by atoms with van der Waals surface area (Å²) in [6.45, 7) is 3.48. The van der Waals surface area contributed by atoms with E-state index in [2.05, 4.69) is 45.2 Å². The molecule has 3 unspecified atom stereocenters. The van der Waals surface area contributed by atoms with Gasteiger partial charge >= 0.3 is 5.97 Å². The second kappa shape index (κ2) is 6.36. The van der Waals surface area contributed by atoms with Crippen LogP contribution in [0.25, 0.3) is 0 Å². The average molecular weight is 398 g/mol. The van der Waals surface area contributed by atoms with Crippen LogP contribution >= 0.6 is 45.2 Å². The fourth-order valence-corrected chi connectivity index (χ4v) is 1.58. The molecule has 0 fully saturated rings. The van der Waals surface area contributed by atoms with E-state index < -0.39 is 0 Å². The van der Waals surface area contributed by atoms with Crippen LogP contribution in [-0.2, 0) is 9.53 Å². The average Bonchev–Trinajstić information content (AvgIpc) is 1.98. The summed E-state index contributed by atoms with van der Waals surface area (Å²) in [5, 5.41) is 9.20. The lowest BCUT2D eigenvalue weighted by Crippen LogP contribution is -2.29. The lowest BCUT2D eigenvalue weighted by atomic mass is 10.2. The van der Waals surface area contributed by atoms with Crippen LogP contribution in [0, 0.1) is 0 Å². The molecule has 1 N–H and O–H groups in total. The predicted molar refractivity (Wildman–Crippen MR) is 63.9 cm³/mol.